The van der Waals surface area contributed by atoms with E-state index in [2.05, 4.69) is 23.7 Å². The predicted molar refractivity (Wildman–Crippen MR) is 130 cm³/mol. The predicted octanol–water partition coefficient (Wildman–Crippen LogP) is 5.10. The summed E-state index contributed by atoms with van der Waals surface area (Å²) >= 11 is 4.14. The van der Waals surface area contributed by atoms with Crippen molar-refractivity contribution in [2.75, 3.05) is 0 Å². The molecule has 0 radical (unpaired) electrons. The Kier molecular flexibility index (Phi) is 6.07. The number of nitriles is 1. The van der Waals surface area contributed by atoms with Gasteiger partial charge in [-0.2, -0.15) is 5.26 Å². The Labute approximate surface area is 192 Å². The van der Waals surface area contributed by atoms with Gasteiger partial charge in [0.1, 0.15) is 11.6 Å². The molecular weight excluding hydrogens is 416 g/mol. The molecule has 158 valence electrons. The Morgan fingerprint density at radius 1 is 1.03 bits per heavy atom. The third kappa shape index (κ3) is 3.90. The number of hydrogen-bond donors (Lipinski definition) is 1. The monoisotopic (exact) mass is 438 g/mol. The molecule has 32 heavy (non-hydrogen) atoms. The highest BCUT2D eigenvalue weighted by atomic mass is 32.1. The summed E-state index contributed by atoms with van der Waals surface area (Å²) in [4.78, 5) is 31.3. The lowest BCUT2D eigenvalue weighted by molar-refractivity contribution is -0.129. The van der Waals surface area contributed by atoms with Gasteiger partial charge in [-0.3, -0.25) is 14.6 Å². The molecule has 4 rings (SSSR count). The minimum atomic E-state index is -1.48. The first-order valence-corrected chi connectivity index (χ1v) is 10.9. The summed E-state index contributed by atoms with van der Waals surface area (Å²) in [5, 5.41) is 11.0. The van der Waals surface area contributed by atoms with Crippen molar-refractivity contribution in [3.8, 4) is 6.07 Å². The first kappa shape index (κ1) is 21.7. The molecule has 4 nitrogen and oxygen atoms in total. The molecule has 0 fully saturated rings. The highest BCUT2D eigenvalue weighted by molar-refractivity contribution is 7.96. The third-order valence-electron chi connectivity index (χ3n) is 6.11. The lowest BCUT2D eigenvalue weighted by atomic mass is 9.72. The Morgan fingerprint density at radius 3 is 2.41 bits per heavy atom. The molecule has 0 bridgehead atoms. The smallest absolute Gasteiger partial charge is 0.192 e. The number of ketones is 1. The summed E-state index contributed by atoms with van der Waals surface area (Å²) in [6, 6.07) is 25.3. The van der Waals surface area contributed by atoms with Crippen molar-refractivity contribution in [1.29, 1.82) is 5.26 Å². The molecule has 0 aromatic heterocycles. The average molecular weight is 439 g/mol. The number of aliphatic imine (C=N–C) groups is 1. The van der Waals surface area contributed by atoms with E-state index in [9.17, 15) is 14.9 Å². The van der Waals surface area contributed by atoms with E-state index in [-0.39, 0.29) is 11.4 Å². The number of Topliss-reactive ketones (excluding diaryl/α,β-unsaturated/α-hetero) is 1. The maximum Gasteiger partial charge on any atom is 0.192 e. The number of benzene rings is 3. The van der Waals surface area contributed by atoms with E-state index in [1.165, 1.54) is 6.21 Å². The van der Waals surface area contributed by atoms with E-state index in [4.69, 9.17) is 0 Å². The zero-order chi connectivity index (χ0) is 22.7. The lowest BCUT2D eigenvalue weighted by Gasteiger charge is -2.33. The van der Waals surface area contributed by atoms with Crippen LogP contribution in [0.25, 0.3) is 10.8 Å². The number of rotatable bonds is 7. The van der Waals surface area contributed by atoms with Gasteiger partial charge in [0.2, 0.25) is 0 Å². The summed E-state index contributed by atoms with van der Waals surface area (Å²) in [5.74, 6) is -1.60. The Balaban J connectivity index is 1.81. The van der Waals surface area contributed by atoms with Gasteiger partial charge in [0.15, 0.2) is 10.9 Å². The van der Waals surface area contributed by atoms with Crippen LogP contribution in [0.1, 0.15) is 24.0 Å². The molecule has 3 atom stereocenters. The van der Waals surface area contributed by atoms with Crippen molar-refractivity contribution < 1.29 is 9.59 Å². The molecule has 3 aromatic carbocycles. The third-order valence-corrected chi connectivity index (χ3v) is 6.42. The number of hydrogen-bond acceptors (Lipinski definition) is 4. The van der Waals surface area contributed by atoms with Crippen molar-refractivity contribution in [1.82, 2.24) is 0 Å². The van der Waals surface area contributed by atoms with E-state index in [0.717, 1.165) is 21.9 Å². The van der Waals surface area contributed by atoms with Gasteiger partial charge in [0.25, 0.3) is 0 Å². The number of allylic oxidation sites excluding steroid dienone is 1. The van der Waals surface area contributed by atoms with Crippen LogP contribution in [0.15, 0.2) is 89.4 Å². The van der Waals surface area contributed by atoms with Crippen LogP contribution in [0.4, 0.5) is 0 Å². The second-order valence-corrected chi connectivity index (χ2v) is 8.47. The average Bonchev–Trinajstić information content (AvgIpc) is 3.27. The zero-order valence-corrected chi connectivity index (χ0v) is 18.5. The second-order valence-electron chi connectivity index (χ2n) is 8.03. The molecule has 0 saturated carbocycles. The molecule has 1 aliphatic rings. The summed E-state index contributed by atoms with van der Waals surface area (Å²) < 4.78 is 0. The van der Waals surface area contributed by atoms with Gasteiger partial charge in [-0.1, -0.05) is 79.7 Å². The van der Waals surface area contributed by atoms with E-state index >= 15 is 0 Å². The van der Waals surface area contributed by atoms with Crippen molar-refractivity contribution in [2.45, 2.75) is 24.8 Å². The number of thiol groups is 1. The molecule has 0 amide bonds. The van der Waals surface area contributed by atoms with Gasteiger partial charge in [-0.05, 0) is 34.4 Å². The van der Waals surface area contributed by atoms with E-state index in [1.807, 2.05) is 79.7 Å². The van der Waals surface area contributed by atoms with Crippen molar-refractivity contribution in [3.63, 3.8) is 0 Å². The van der Waals surface area contributed by atoms with Crippen molar-refractivity contribution in [3.05, 3.63) is 95.6 Å². The van der Waals surface area contributed by atoms with Gasteiger partial charge < -0.3 is 0 Å². The fourth-order valence-electron chi connectivity index (χ4n) is 4.44. The fourth-order valence-corrected chi connectivity index (χ4v) is 4.73. The van der Waals surface area contributed by atoms with Gasteiger partial charge >= 0.3 is 0 Å². The second kappa shape index (κ2) is 8.94. The fraction of sp³-hybridized carbons (Fsp3) is 0.185. The molecular formula is C27H22N2O2S. The minimum Gasteiger partial charge on any atom is -0.296 e. The number of nitrogens with zero attached hydrogens (tertiary/aromatic N) is 2. The molecule has 1 heterocycles. The molecule has 5 heteroatoms. The number of carbonyl (C=O) groups excluding carboxylic acids is 2. The van der Waals surface area contributed by atoms with Gasteiger partial charge in [-0.25, -0.2) is 0 Å². The van der Waals surface area contributed by atoms with Crippen LogP contribution >= 0.6 is 12.6 Å². The SMILES string of the molecule is CC(C(=O)C1(C(Cc2ccccc2)C(=O)S)C=C(C#N)C=N1)c1cccc2ccccc12. The molecule has 3 aromatic rings. The van der Waals surface area contributed by atoms with Crippen LogP contribution in [0.5, 0.6) is 0 Å². The molecule has 3 unspecified atom stereocenters. The molecule has 0 saturated heterocycles. The van der Waals surface area contributed by atoms with Crippen LogP contribution in [-0.4, -0.2) is 22.7 Å². The van der Waals surface area contributed by atoms with Crippen molar-refractivity contribution >= 4 is 40.5 Å². The Bertz CT molecular complexity index is 1280. The van der Waals surface area contributed by atoms with E-state index in [1.54, 1.807) is 6.08 Å². The van der Waals surface area contributed by atoms with E-state index < -0.39 is 22.5 Å². The lowest BCUT2D eigenvalue weighted by Crippen LogP contribution is -2.47. The summed E-state index contributed by atoms with van der Waals surface area (Å²) in [6.45, 7) is 1.84. The first-order valence-electron chi connectivity index (χ1n) is 10.4. The highest BCUT2D eigenvalue weighted by Gasteiger charge is 2.50. The quantitative estimate of drug-likeness (QED) is 0.522. The summed E-state index contributed by atoms with van der Waals surface area (Å²) in [7, 11) is 0. The highest BCUT2D eigenvalue weighted by Crippen LogP contribution is 2.39. The van der Waals surface area contributed by atoms with Crippen LogP contribution in [0.3, 0.4) is 0 Å². The van der Waals surface area contributed by atoms with Gasteiger partial charge in [0.05, 0.1) is 11.5 Å². The maximum atomic E-state index is 14.1. The Morgan fingerprint density at radius 2 is 1.72 bits per heavy atom. The maximum absolute atomic E-state index is 14.1. The Hall–Kier alpha value is -3.49. The van der Waals surface area contributed by atoms with Crippen LogP contribution in [0.2, 0.25) is 0 Å². The van der Waals surface area contributed by atoms with Crippen LogP contribution in [-0.2, 0) is 16.0 Å². The number of fused-ring (bicyclic) bond motifs is 1. The standard InChI is InChI=1S/C27H22N2O2S/c1-18(22-13-7-11-21-10-5-6-12-23(21)22)25(30)27(15-20(16-28)17-29-27)24(26(31)32)14-19-8-3-2-4-9-19/h2-13,15,17-18,24H,14H2,1H3,(H,31,32). The topological polar surface area (TPSA) is 70.3 Å². The van der Waals surface area contributed by atoms with E-state index in [0.29, 0.717) is 6.42 Å². The first-order chi connectivity index (χ1) is 15.5. The molecule has 0 spiro atoms. The van der Waals surface area contributed by atoms with Crippen LogP contribution in [0, 0.1) is 17.2 Å². The largest absolute Gasteiger partial charge is 0.296 e. The zero-order valence-electron chi connectivity index (χ0n) is 17.6. The summed E-state index contributed by atoms with van der Waals surface area (Å²) in [6.07, 6.45) is 3.23. The normalized spacial score (nSPS) is 19.2. The van der Waals surface area contributed by atoms with Crippen molar-refractivity contribution in [2.24, 2.45) is 10.9 Å². The van der Waals surface area contributed by atoms with Gasteiger partial charge in [-0.15, -0.1) is 12.6 Å². The summed E-state index contributed by atoms with van der Waals surface area (Å²) in [5.41, 5.74) is 0.567. The number of carbonyl (C=O) groups is 2. The minimum absolute atomic E-state index is 0.223. The van der Waals surface area contributed by atoms with Crippen LogP contribution < -0.4 is 0 Å². The molecule has 0 aliphatic carbocycles. The molecule has 0 N–H and O–H groups in total. The molecule has 1 aliphatic heterocycles. The van der Waals surface area contributed by atoms with Gasteiger partial charge in [0, 0.05) is 12.1 Å².